The Balaban J connectivity index is 1.99. The van der Waals surface area contributed by atoms with Crippen LogP contribution in [0.1, 0.15) is 107 Å². The van der Waals surface area contributed by atoms with Gasteiger partial charge in [0.2, 0.25) is 0 Å². The Morgan fingerprint density at radius 2 is 1.50 bits per heavy atom. The van der Waals surface area contributed by atoms with Crippen LogP contribution < -0.4 is 5.32 Å². The molecule has 0 aromatic heterocycles. The van der Waals surface area contributed by atoms with Crippen molar-refractivity contribution in [1.29, 1.82) is 0 Å². The number of carboxylic acids is 1. The molecule has 1 aromatic carbocycles. The Kier molecular flexibility index (Phi) is 14.5. The fraction of sp³-hybridized carbons (Fsp3) is 0.640. The van der Waals surface area contributed by atoms with E-state index in [1.807, 2.05) is 0 Å². The number of phenols is 1. The average Bonchev–Trinajstić information content (AvgIpc) is 2.72. The first kappa shape index (κ1) is 26.0. The fourth-order valence-corrected chi connectivity index (χ4v) is 3.47. The van der Waals surface area contributed by atoms with E-state index in [4.69, 9.17) is 5.11 Å². The molecule has 30 heavy (non-hydrogen) atoms. The second kappa shape index (κ2) is 16.8. The topological polar surface area (TPSA) is 89.8 Å². The van der Waals surface area contributed by atoms with Crippen LogP contribution in [-0.2, 0) is 0 Å². The molecule has 0 fully saturated rings. The molecule has 0 heterocycles. The number of carboxylic acid groups (broad SMARTS) is 1. The van der Waals surface area contributed by atoms with Crippen molar-refractivity contribution in [2.24, 2.45) is 0 Å². The Bertz CT molecular complexity index is 615. The number of nitrogens with one attached hydrogen (secondary N) is 1. The molecule has 0 amide bonds. The molecular formula is C25H41NO4. The minimum atomic E-state index is -1.19. The third kappa shape index (κ3) is 12.5. The van der Waals surface area contributed by atoms with Gasteiger partial charge in [0.05, 0.1) is 0 Å². The van der Waals surface area contributed by atoms with Crippen molar-refractivity contribution < 1.29 is 20.1 Å². The van der Waals surface area contributed by atoms with Gasteiger partial charge >= 0.3 is 5.97 Å². The van der Waals surface area contributed by atoms with Crippen LogP contribution in [0.25, 0.3) is 0 Å². The molecule has 0 saturated heterocycles. The molecule has 0 spiro atoms. The number of benzene rings is 1. The van der Waals surface area contributed by atoms with E-state index in [1.54, 1.807) is 6.07 Å². The number of aromatic hydroxyl groups is 1. The molecule has 5 nitrogen and oxygen atoms in total. The van der Waals surface area contributed by atoms with Crippen molar-refractivity contribution in [2.75, 3.05) is 5.32 Å². The zero-order valence-electron chi connectivity index (χ0n) is 18.6. The summed E-state index contributed by atoms with van der Waals surface area (Å²) in [4.78, 5) is 11.0. The molecule has 170 valence electrons. The zero-order valence-corrected chi connectivity index (χ0v) is 18.6. The third-order valence-corrected chi connectivity index (χ3v) is 5.30. The Labute approximate surface area is 182 Å². The SMILES string of the molecule is CCCCCCCCC=CCCCCCCCC(O)Nc1ccc(O)c(C(=O)O)c1. The number of carbonyl (C=O) groups is 1. The normalized spacial score (nSPS) is 12.3. The van der Waals surface area contributed by atoms with Gasteiger partial charge < -0.3 is 20.6 Å². The summed E-state index contributed by atoms with van der Waals surface area (Å²) in [5.41, 5.74) is 0.318. The van der Waals surface area contributed by atoms with Crippen LogP contribution in [0.3, 0.4) is 0 Å². The van der Waals surface area contributed by atoms with E-state index in [2.05, 4.69) is 24.4 Å². The number of allylic oxidation sites excluding steroid dienone is 2. The predicted octanol–water partition coefficient (Wildman–Crippen LogP) is 6.86. The maximum Gasteiger partial charge on any atom is 0.339 e. The van der Waals surface area contributed by atoms with Crippen LogP contribution in [0.5, 0.6) is 5.75 Å². The van der Waals surface area contributed by atoms with E-state index in [9.17, 15) is 15.0 Å². The summed E-state index contributed by atoms with van der Waals surface area (Å²) in [5.74, 6) is -1.47. The van der Waals surface area contributed by atoms with Gasteiger partial charge in [-0.25, -0.2) is 4.79 Å². The highest BCUT2D eigenvalue weighted by atomic mass is 16.4. The smallest absolute Gasteiger partial charge is 0.339 e. The standard InChI is InChI=1S/C25H41NO4/c1-2-3-4-5-6-7-8-9-10-11-12-13-14-15-16-17-24(28)26-21-18-19-23(27)22(20-21)25(29)30/h9-10,18-20,24,26-28H,2-8,11-17H2,1H3,(H,29,30). The minimum absolute atomic E-state index is 0.173. The second-order valence-electron chi connectivity index (χ2n) is 8.07. The number of aliphatic hydroxyl groups is 1. The quantitative estimate of drug-likeness (QED) is 0.0903. The number of aliphatic hydroxyl groups excluding tert-OH is 1. The lowest BCUT2D eigenvalue weighted by atomic mass is 10.1. The van der Waals surface area contributed by atoms with Crippen molar-refractivity contribution >= 4 is 11.7 Å². The van der Waals surface area contributed by atoms with Crippen LogP contribution in [0.2, 0.25) is 0 Å². The summed E-state index contributed by atoms with van der Waals surface area (Å²) in [5, 5.41) is 31.5. The van der Waals surface area contributed by atoms with Crippen LogP contribution >= 0.6 is 0 Å². The highest BCUT2D eigenvalue weighted by Crippen LogP contribution is 2.22. The Morgan fingerprint density at radius 3 is 2.10 bits per heavy atom. The third-order valence-electron chi connectivity index (χ3n) is 5.30. The molecule has 0 saturated carbocycles. The number of hydrogen-bond acceptors (Lipinski definition) is 4. The van der Waals surface area contributed by atoms with Crippen LogP contribution in [0, 0.1) is 0 Å². The highest BCUT2D eigenvalue weighted by Gasteiger charge is 2.11. The average molecular weight is 420 g/mol. The van der Waals surface area contributed by atoms with Gasteiger partial charge in [-0.2, -0.15) is 0 Å². The summed E-state index contributed by atoms with van der Waals surface area (Å²) >= 11 is 0. The summed E-state index contributed by atoms with van der Waals surface area (Å²) in [6, 6.07) is 4.21. The summed E-state index contributed by atoms with van der Waals surface area (Å²) in [7, 11) is 0. The van der Waals surface area contributed by atoms with Gasteiger partial charge in [-0.1, -0.05) is 70.4 Å². The summed E-state index contributed by atoms with van der Waals surface area (Å²) in [6.07, 6.45) is 20.7. The maximum absolute atomic E-state index is 11.0. The molecule has 1 aromatic rings. The summed E-state index contributed by atoms with van der Waals surface area (Å²) in [6.45, 7) is 2.25. The summed E-state index contributed by atoms with van der Waals surface area (Å²) < 4.78 is 0. The van der Waals surface area contributed by atoms with Gasteiger partial charge in [-0.3, -0.25) is 0 Å². The first-order valence-corrected chi connectivity index (χ1v) is 11.7. The number of rotatable bonds is 18. The number of aromatic carboxylic acids is 1. The van der Waals surface area contributed by atoms with E-state index in [-0.39, 0.29) is 11.3 Å². The maximum atomic E-state index is 11.0. The lowest BCUT2D eigenvalue weighted by Crippen LogP contribution is -2.18. The Hall–Kier alpha value is -2.01. The van der Waals surface area contributed by atoms with Crippen LogP contribution in [-0.4, -0.2) is 27.5 Å². The predicted molar refractivity (Wildman–Crippen MR) is 124 cm³/mol. The number of unbranched alkanes of at least 4 members (excludes halogenated alkanes) is 11. The number of hydrogen-bond donors (Lipinski definition) is 4. The lowest BCUT2D eigenvalue weighted by Gasteiger charge is -2.14. The van der Waals surface area contributed by atoms with E-state index in [1.165, 1.54) is 76.3 Å². The molecule has 0 aliphatic carbocycles. The van der Waals surface area contributed by atoms with Gasteiger partial charge in [0.15, 0.2) is 0 Å². The van der Waals surface area contributed by atoms with E-state index < -0.39 is 12.2 Å². The molecule has 0 radical (unpaired) electrons. The first-order valence-electron chi connectivity index (χ1n) is 11.7. The molecule has 1 atom stereocenters. The lowest BCUT2D eigenvalue weighted by molar-refractivity contribution is 0.0693. The van der Waals surface area contributed by atoms with E-state index >= 15 is 0 Å². The van der Waals surface area contributed by atoms with Crippen molar-refractivity contribution in [1.82, 2.24) is 0 Å². The highest BCUT2D eigenvalue weighted by molar-refractivity contribution is 5.92. The molecular weight excluding hydrogens is 378 g/mol. The van der Waals surface area contributed by atoms with Crippen molar-refractivity contribution in [3.8, 4) is 5.75 Å². The number of anilines is 1. The van der Waals surface area contributed by atoms with Gasteiger partial charge in [-0.05, 0) is 56.7 Å². The molecule has 4 N–H and O–H groups in total. The zero-order chi connectivity index (χ0) is 22.0. The van der Waals surface area contributed by atoms with Crippen LogP contribution in [0.4, 0.5) is 5.69 Å². The van der Waals surface area contributed by atoms with Crippen molar-refractivity contribution in [3.05, 3.63) is 35.9 Å². The van der Waals surface area contributed by atoms with Gasteiger partial charge in [-0.15, -0.1) is 0 Å². The van der Waals surface area contributed by atoms with Gasteiger partial charge in [0, 0.05) is 5.69 Å². The van der Waals surface area contributed by atoms with E-state index in [0.29, 0.717) is 12.1 Å². The first-order chi connectivity index (χ1) is 14.5. The fourth-order valence-electron chi connectivity index (χ4n) is 3.47. The van der Waals surface area contributed by atoms with Crippen molar-refractivity contribution in [3.63, 3.8) is 0 Å². The molecule has 0 aliphatic rings. The monoisotopic (exact) mass is 419 g/mol. The molecule has 0 bridgehead atoms. The molecule has 1 unspecified atom stereocenters. The molecule has 5 heteroatoms. The minimum Gasteiger partial charge on any atom is -0.507 e. The molecule has 1 rings (SSSR count). The van der Waals surface area contributed by atoms with Gasteiger partial charge in [0.1, 0.15) is 17.5 Å². The second-order valence-corrected chi connectivity index (χ2v) is 8.07. The van der Waals surface area contributed by atoms with Crippen molar-refractivity contribution in [2.45, 2.75) is 103 Å². The largest absolute Gasteiger partial charge is 0.507 e. The molecule has 0 aliphatic heterocycles. The van der Waals surface area contributed by atoms with Gasteiger partial charge in [0.25, 0.3) is 0 Å². The van der Waals surface area contributed by atoms with E-state index in [0.717, 1.165) is 19.3 Å². The Morgan fingerprint density at radius 1 is 0.933 bits per heavy atom. The van der Waals surface area contributed by atoms with Crippen LogP contribution in [0.15, 0.2) is 30.4 Å².